The van der Waals surface area contributed by atoms with Crippen LogP contribution in [0.3, 0.4) is 0 Å². The predicted molar refractivity (Wildman–Crippen MR) is 65.1 cm³/mol. The van der Waals surface area contributed by atoms with Crippen molar-refractivity contribution in [1.82, 2.24) is 0 Å². The van der Waals surface area contributed by atoms with Crippen molar-refractivity contribution in [3.63, 3.8) is 0 Å². The van der Waals surface area contributed by atoms with Gasteiger partial charge >= 0.3 is 0 Å². The lowest BCUT2D eigenvalue weighted by molar-refractivity contribution is -0.378. The largest absolute Gasteiger partial charge is 0.619 e. The summed E-state index contributed by atoms with van der Waals surface area (Å²) in [5, 5.41) is 12.2. The van der Waals surface area contributed by atoms with Crippen LogP contribution in [-0.2, 0) is 0 Å². The van der Waals surface area contributed by atoms with Gasteiger partial charge in [-0.25, -0.2) is 0 Å². The fourth-order valence-corrected chi connectivity index (χ4v) is 2.61. The molecule has 0 radical (unpaired) electrons. The highest BCUT2D eigenvalue weighted by Crippen LogP contribution is 2.46. The second-order valence-electron chi connectivity index (χ2n) is 4.15. The Bertz CT molecular complexity index is 534. The van der Waals surface area contributed by atoms with Gasteiger partial charge in [-0.1, -0.05) is 35.9 Å². The number of hydroxylamine groups is 1. The van der Waals surface area contributed by atoms with Crippen molar-refractivity contribution in [3.05, 3.63) is 64.0 Å². The van der Waals surface area contributed by atoms with Crippen LogP contribution in [0.25, 0.3) is 0 Å². The zero-order chi connectivity index (χ0) is 11.2. The summed E-state index contributed by atoms with van der Waals surface area (Å²) >= 11 is 6.01. The van der Waals surface area contributed by atoms with E-state index in [0.717, 1.165) is 27.3 Å². The van der Waals surface area contributed by atoms with Crippen molar-refractivity contribution in [2.24, 2.45) is 5.41 Å². The number of hydrogen-bond donors (Lipinski definition) is 0. The first-order valence-corrected chi connectivity index (χ1v) is 5.55. The summed E-state index contributed by atoms with van der Waals surface area (Å²) in [4.78, 5) is 0. The summed E-state index contributed by atoms with van der Waals surface area (Å²) in [6.07, 6.45) is 15.8. The average molecular weight is 232 g/mol. The SMILES string of the molecule is [O-][N+]1=CC23CC=C(Cl)C=C2C=CC=C3C=C1. The van der Waals surface area contributed by atoms with E-state index in [9.17, 15) is 5.21 Å². The van der Waals surface area contributed by atoms with Gasteiger partial charge in [-0.2, -0.15) is 4.74 Å². The molecule has 0 aromatic heterocycles. The second kappa shape index (κ2) is 3.22. The van der Waals surface area contributed by atoms with Crippen molar-refractivity contribution < 1.29 is 4.74 Å². The normalized spacial score (nSPS) is 30.8. The van der Waals surface area contributed by atoms with E-state index < -0.39 is 0 Å². The Hall–Kier alpha value is -1.54. The molecular formula is C13H10ClNO. The minimum absolute atomic E-state index is 0.302. The molecule has 3 heteroatoms. The summed E-state index contributed by atoms with van der Waals surface area (Å²) in [6.45, 7) is 0. The van der Waals surface area contributed by atoms with E-state index in [1.54, 1.807) is 6.21 Å². The van der Waals surface area contributed by atoms with Crippen LogP contribution in [0.4, 0.5) is 0 Å². The molecule has 2 aliphatic carbocycles. The highest BCUT2D eigenvalue weighted by molar-refractivity contribution is 6.31. The number of rotatable bonds is 0. The minimum atomic E-state index is -0.302. The number of allylic oxidation sites excluding steroid dienone is 9. The molecule has 0 bridgehead atoms. The van der Waals surface area contributed by atoms with E-state index >= 15 is 0 Å². The third-order valence-corrected chi connectivity index (χ3v) is 3.51. The van der Waals surface area contributed by atoms with Gasteiger partial charge < -0.3 is 5.21 Å². The molecule has 2 nitrogen and oxygen atoms in total. The van der Waals surface area contributed by atoms with Crippen LogP contribution in [0.15, 0.2) is 58.8 Å². The van der Waals surface area contributed by atoms with Gasteiger partial charge in [0.05, 0.1) is 0 Å². The fourth-order valence-electron chi connectivity index (χ4n) is 2.42. The highest BCUT2D eigenvalue weighted by atomic mass is 35.5. The maximum atomic E-state index is 11.5. The Kier molecular flexibility index (Phi) is 1.95. The lowest BCUT2D eigenvalue weighted by atomic mass is 9.67. The first-order valence-electron chi connectivity index (χ1n) is 5.17. The number of hydrogen-bond acceptors (Lipinski definition) is 1. The lowest BCUT2D eigenvalue weighted by Gasteiger charge is -2.35. The molecule has 0 aromatic carbocycles. The van der Waals surface area contributed by atoms with Gasteiger partial charge in [0.2, 0.25) is 0 Å². The summed E-state index contributed by atoms with van der Waals surface area (Å²) < 4.78 is 0.872. The molecule has 80 valence electrons. The molecule has 1 atom stereocenters. The molecule has 1 heterocycles. The van der Waals surface area contributed by atoms with E-state index in [4.69, 9.17) is 11.6 Å². The molecule has 0 amide bonds. The van der Waals surface area contributed by atoms with Gasteiger partial charge in [-0.3, -0.25) is 0 Å². The smallest absolute Gasteiger partial charge is 0.180 e. The molecule has 0 aromatic rings. The van der Waals surface area contributed by atoms with Gasteiger partial charge in [0.15, 0.2) is 12.4 Å². The molecule has 3 aliphatic rings. The zero-order valence-electron chi connectivity index (χ0n) is 8.56. The van der Waals surface area contributed by atoms with Crippen LogP contribution in [0.5, 0.6) is 0 Å². The summed E-state index contributed by atoms with van der Waals surface area (Å²) in [7, 11) is 0. The van der Waals surface area contributed by atoms with Crippen molar-refractivity contribution in [2.45, 2.75) is 6.42 Å². The first-order chi connectivity index (χ1) is 7.71. The Morgan fingerprint density at radius 3 is 3.06 bits per heavy atom. The fraction of sp³-hybridized carbons (Fsp3) is 0.154. The molecule has 1 spiro atoms. The van der Waals surface area contributed by atoms with E-state index in [-0.39, 0.29) is 5.41 Å². The van der Waals surface area contributed by atoms with Crippen molar-refractivity contribution >= 4 is 17.8 Å². The monoisotopic (exact) mass is 231 g/mol. The summed E-state index contributed by atoms with van der Waals surface area (Å²) in [6, 6.07) is 0. The highest BCUT2D eigenvalue weighted by Gasteiger charge is 2.41. The Labute approximate surface area is 98.8 Å². The summed E-state index contributed by atoms with van der Waals surface area (Å²) in [5.74, 6) is 0. The molecule has 0 saturated carbocycles. The minimum Gasteiger partial charge on any atom is -0.619 e. The predicted octanol–water partition coefficient (Wildman–Crippen LogP) is 3.03. The molecule has 1 unspecified atom stereocenters. The van der Waals surface area contributed by atoms with Gasteiger partial charge in [-0.15, -0.1) is 0 Å². The molecule has 16 heavy (non-hydrogen) atoms. The third kappa shape index (κ3) is 1.23. The van der Waals surface area contributed by atoms with Crippen molar-refractivity contribution in [3.8, 4) is 0 Å². The molecule has 0 fully saturated rings. The van der Waals surface area contributed by atoms with Crippen molar-refractivity contribution in [2.75, 3.05) is 0 Å². The Morgan fingerprint density at radius 2 is 2.19 bits per heavy atom. The van der Waals surface area contributed by atoms with Crippen LogP contribution < -0.4 is 0 Å². The van der Waals surface area contributed by atoms with Gasteiger partial charge in [0.1, 0.15) is 5.41 Å². The average Bonchev–Trinajstić information content (AvgIpc) is 2.27. The van der Waals surface area contributed by atoms with Crippen LogP contribution in [0.2, 0.25) is 0 Å². The van der Waals surface area contributed by atoms with E-state index in [1.807, 2.05) is 36.5 Å². The molecule has 3 rings (SSSR count). The Balaban J connectivity index is 2.20. The molecule has 0 saturated heterocycles. The van der Waals surface area contributed by atoms with Gasteiger partial charge in [0.25, 0.3) is 0 Å². The number of halogens is 1. The summed E-state index contributed by atoms with van der Waals surface area (Å²) in [5.41, 5.74) is 1.93. The van der Waals surface area contributed by atoms with Crippen LogP contribution >= 0.6 is 11.6 Å². The van der Waals surface area contributed by atoms with Gasteiger partial charge in [-0.05, 0) is 23.6 Å². The Morgan fingerprint density at radius 1 is 1.31 bits per heavy atom. The zero-order valence-corrected chi connectivity index (χ0v) is 9.32. The first kappa shape index (κ1) is 9.67. The molecule has 0 N–H and O–H groups in total. The van der Waals surface area contributed by atoms with Gasteiger partial charge in [0, 0.05) is 11.1 Å². The molecule has 1 aliphatic heterocycles. The maximum absolute atomic E-state index is 11.5. The topological polar surface area (TPSA) is 26.1 Å². The van der Waals surface area contributed by atoms with E-state index in [2.05, 4.69) is 0 Å². The van der Waals surface area contributed by atoms with Crippen LogP contribution in [0, 0.1) is 10.6 Å². The second-order valence-corrected chi connectivity index (χ2v) is 4.59. The third-order valence-electron chi connectivity index (χ3n) is 3.24. The van der Waals surface area contributed by atoms with Crippen molar-refractivity contribution in [1.29, 1.82) is 0 Å². The van der Waals surface area contributed by atoms with E-state index in [0.29, 0.717) is 0 Å². The number of nitrogens with zero attached hydrogens (tertiary/aromatic N) is 1. The quantitative estimate of drug-likeness (QED) is 0.465. The lowest BCUT2D eigenvalue weighted by Crippen LogP contribution is -2.34. The standard InChI is InChI=1S/C13H10ClNO/c14-12-4-6-13-9-15(16)7-5-10(13)2-1-3-11(13)8-12/h1-5,7-9H,6H2. The van der Waals surface area contributed by atoms with Crippen LogP contribution in [-0.4, -0.2) is 11.0 Å². The maximum Gasteiger partial charge on any atom is 0.180 e. The molecular weight excluding hydrogens is 222 g/mol. The van der Waals surface area contributed by atoms with E-state index in [1.165, 1.54) is 6.20 Å². The van der Waals surface area contributed by atoms with Crippen LogP contribution in [0.1, 0.15) is 6.42 Å².